The molecule has 0 unspecified atom stereocenters. The molecule has 58 heavy (non-hydrogen) atoms. The maximum Gasteiger partial charge on any atom is 0 e. The Morgan fingerprint density at radius 2 is 0.224 bits per heavy atom. The Bertz CT molecular complexity index is 1860. The summed E-state index contributed by atoms with van der Waals surface area (Å²) < 4.78 is 0. The van der Waals surface area contributed by atoms with E-state index in [0.717, 1.165) is 0 Å². The molecule has 0 fully saturated rings. The van der Waals surface area contributed by atoms with Crippen LogP contribution >= 0.6 is 23.8 Å². The molecule has 9 rings (SSSR count). The minimum absolute atomic E-state index is 0. The average Bonchev–Trinajstić information content (AvgIpc) is 3.30. The third kappa shape index (κ3) is 12.0. The topological polar surface area (TPSA) is 0 Å². The largest absolute Gasteiger partial charge is 0.0622 e. The molecule has 4 heteroatoms. The van der Waals surface area contributed by atoms with Crippen LogP contribution in [-0.2, 0) is 22.4 Å². The molecular weight excluding hydrogens is 849 g/mol. The zero-order chi connectivity index (χ0) is 38.7. The van der Waals surface area contributed by atoms with Gasteiger partial charge in [-0.2, -0.15) is 0 Å². The Morgan fingerprint density at radius 3 is 0.310 bits per heavy atom. The van der Waals surface area contributed by atoms with Crippen LogP contribution in [0.3, 0.4) is 0 Å². The molecule has 287 valence electrons. The molecule has 0 heterocycles. The fraction of sp³-hybridized carbons (Fsp3) is 0. The molecule has 9 aromatic rings. The van der Waals surface area contributed by atoms with Crippen molar-refractivity contribution in [2.24, 2.45) is 0 Å². The summed E-state index contributed by atoms with van der Waals surface area (Å²) >= 11 is 0. The van der Waals surface area contributed by atoms with Gasteiger partial charge in [0, 0.05) is 22.4 Å². The Labute approximate surface area is 364 Å². The summed E-state index contributed by atoms with van der Waals surface area (Å²) in [6.07, 6.45) is 0. The molecule has 0 aliphatic rings. The average molecular weight is 895 g/mol. The van der Waals surface area contributed by atoms with Gasteiger partial charge in [0.15, 0.2) is 0 Å². The maximum absolute atomic E-state index is 2.23. The van der Waals surface area contributed by atoms with E-state index in [9.17, 15) is 0 Å². The van der Waals surface area contributed by atoms with Gasteiger partial charge in [-0.1, -0.05) is 273 Å². The smallest absolute Gasteiger partial charge is 0 e. The standard InChI is InChI=1S/3C18H15P.Ag/c3*1-4-10-16(11-5-1)19(17-12-6-2-7-13-17)18-14-8-3-9-15-18;/h3*1-15H;. The molecule has 0 atom stereocenters. The van der Waals surface area contributed by atoms with Crippen LogP contribution in [0.15, 0.2) is 273 Å². The Kier molecular flexibility index (Phi) is 17.2. The van der Waals surface area contributed by atoms with Crippen LogP contribution in [-0.4, -0.2) is 0 Å². The van der Waals surface area contributed by atoms with Crippen molar-refractivity contribution < 1.29 is 22.4 Å². The van der Waals surface area contributed by atoms with E-state index < -0.39 is 23.8 Å². The minimum atomic E-state index is -0.446. The van der Waals surface area contributed by atoms with E-state index in [1.165, 1.54) is 47.7 Å². The summed E-state index contributed by atoms with van der Waals surface area (Å²) in [5.41, 5.74) is 0. The number of benzene rings is 9. The van der Waals surface area contributed by atoms with Crippen molar-refractivity contribution >= 4 is 71.5 Å². The van der Waals surface area contributed by atoms with Gasteiger partial charge in [0.05, 0.1) is 0 Å². The molecule has 0 N–H and O–H groups in total. The van der Waals surface area contributed by atoms with Gasteiger partial charge in [0.1, 0.15) is 0 Å². The van der Waals surface area contributed by atoms with E-state index in [4.69, 9.17) is 0 Å². The Hall–Kier alpha value is -4.99. The summed E-state index contributed by atoms with van der Waals surface area (Å²) in [4.78, 5) is 0. The predicted molar refractivity (Wildman–Crippen MR) is 255 cm³/mol. The summed E-state index contributed by atoms with van der Waals surface area (Å²) in [5, 5.41) is 12.6. The first kappa shape index (κ1) is 42.6. The molecule has 0 aliphatic carbocycles. The van der Waals surface area contributed by atoms with Crippen molar-refractivity contribution in [2.45, 2.75) is 0 Å². The molecule has 1 radical (unpaired) electrons. The van der Waals surface area contributed by atoms with E-state index in [0.29, 0.717) is 0 Å². The fourth-order valence-electron chi connectivity index (χ4n) is 6.54. The van der Waals surface area contributed by atoms with Crippen LogP contribution in [0.1, 0.15) is 0 Å². The fourth-order valence-corrected chi connectivity index (χ4v) is 13.5. The number of rotatable bonds is 9. The van der Waals surface area contributed by atoms with Crippen molar-refractivity contribution in [3.05, 3.63) is 273 Å². The molecule has 0 bridgehead atoms. The number of hydrogen-bond donors (Lipinski definition) is 0. The summed E-state index contributed by atoms with van der Waals surface area (Å²) in [6.45, 7) is 0. The zero-order valence-corrected chi connectivity index (χ0v) is 36.3. The molecule has 0 spiro atoms. The van der Waals surface area contributed by atoms with E-state index in [1.54, 1.807) is 0 Å². The van der Waals surface area contributed by atoms with Gasteiger partial charge in [0.2, 0.25) is 0 Å². The van der Waals surface area contributed by atoms with Crippen molar-refractivity contribution in [3.8, 4) is 0 Å². The van der Waals surface area contributed by atoms with Gasteiger partial charge >= 0.3 is 0 Å². The quantitative estimate of drug-likeness (QED) is 0.100. The molecule has 9 aromatic carbocycles. The van der Waals surface area contributed by atoms with Crippen LogP contribution in [0.2, 0.25) is 0 Å². The summed E-state index contributed by atoms with van der Waals surface area (Å²) in [7, 11) is -1.34. The first-order chi connectivity index (χ1) is 28.3. The van der Waals surface area contributed by atoms with E-state index in [2.05, 4.69) is 273 Å². The van der Waals surface area contributed by atoms with Gasteiger partial charge in [-0.05, 0) is 71.5 Å². The monoisotopic (exact) mass is 893 g/mol. The van der Waals surface area contributed by atoms with Gasteiger partial charge in [-0.15, -0.1) is 0 Å². The third-order valence-electron chi connectivity index (χ3n) is 9.13. The van der Waals surface area contributed by atoms with Crippen LogP contribution in [0, 0.1) is 0 Å². The summed E-state index contributed by atoms with van der Waals surface area (Å²) in [5.74, 6) is 0. The second kappa shape index (κ2) is 23.4. The number of hydrogen-bond acceptors (Lipinski definition) is 0. The molecule has 0 saturated carbocycles. The first-order valence-corrected chi connectivity index (χ1v) is 23.2. The second-order valence-corrected chi connectivity index (χ2v) is 19.7. The Balaban J connectivity index is 0.000000145. The van der Waals surface area contributed by atoms with Crippen LogP contribution in [0.4, 0.5) is 0 Å². The summed E-state index contributed by atoms with van der Waals surface area (Å²) in [6, 6.07) is 97.0. The van der Waals surface area contributed by atoms with Gasteiger partial charge in [-0.25, -0.2) is 0 Å². The Morgan fingerprint density at radius 1 is 0.138 bits per heavy atom. The molecular formula is C54H45AgP3. The van der Waals surface area contributed by atoms with Gasteiger partial charge in [0.25, 0.3) is 0 Å². The van der Waals surface area contributed by atoms with Crippen molar-refractivity contribution in [1.29, 1.82) is 0 Å². The molecule has 0 amide bonds. The molecule has 0 saturated heterocycles. The molecule has 0 nitrogen and oxygen atoms in total. The van der Waals surface area contributed by atoms with E-state index in [-0.39, 0.29) is 22.4 Å². The normalized spacial score (nSPS) is 10.4. The third-order valence-corrected chi connectivity index (χ3v) is 16.5. The minimum Gasteiger partial charge on any atom is -0.0622 e. The van der Waals surface area contributed by atoms with E-state index in [1.807, 2.05) is 0 Å². The van der Waals surface area contributed by atoms with Gasteiger partial charge < -0.3 is 0 Å². The SMILES string of the molecule is [Ag].c1ccc(P(c2ccccc2)c2ccccc2)cc1.c1ccc(P(c2ccccc2)c2ccccc2)cc1.c1ccc(P(c2ccccc2)c2ccccc2)cc1. The van der Waals surface area contributed by atoms with Crippen LogP contribution in [0.25, 0.3) is 0 Å². The second-order valence-electron chi connectivity index (χ2n) is 13.0. The molecule has 0 aliphatic heterocycles. The van der Waals surface area contributed by atoms with Crippen LogP contribution < -0.4 is 47.7 Å². The van der Waals surface area contributed by atoms with Crippen molar-refractivity contribution in [2.75, 3.05) is 0 Å². The predicted octanol–water partition coefficient (Wildman–Crippen LogP) is 10.3. The van der Waals surface area contributed by atoms with Crippen molar-refractivity contribution in [3.63, 3.8) is 0 Å². The van der Waals surface area contributed by atoms with Crippen LogP contribution in [0.5, 0.6) is 0 Å². The molecule has 0 aromatic heterocycles. The van der Waals surface area contributed by atoms with E-state index >= 15 is 0 Å². The zero-order valence-electron chi connectivity index (χ0n) is 32.1. The van der Waals surface area contributed by atoms with Gasteiger partial charge in [-0.3, -0.25) is 0 Å². The first-order valence-electron chi connectivity index (χ1n) is 19.2. The maximum atomic E-state index is 2.23. The van der Waals surface area contributed by atoms with Crippen molar-refractivity contribution in [1.82, 2.24) is 0 Å².